The molecule has 2 aromatic heterocycles. The van der Waals surface area contributed by atoms with Crippen molar-refractivity contribution in [3.8, 4) is 11.5 Å². The summed E-state index contributed by atoms with van der Waals surface area (Å²) in [4.78, 5) is 85.0. The summed E-state index contributed by atoms with van der Waals surface area (Å²) in [7, 11) is 1.11. The normalized spacial score (nSPS) is 16.9. The van der Waals surface area contributed by atoms with Gasteiger partial charge in [0.25, 0.3) is 11.5 Å². The van der Waals surface area contributed by atoms with Crippen LogP contribution in [0.25, 0.3) is 22.3 Å². The zero-order valence-corrected chi connectivity index (χ0v) is 25.6. The zero-order valence-electron chi connectivity index (χ0n) is 24.0. The minimum atomic E-state index is -2.05. The lowest BCUT2D eigenvalue weighted by molar-refractivity contribution is -0.121. The third-order valence-electron chi connectivity index (χ3n) is 8.66. The van der Waals surface area contributed by atoms with E-state index in [0.29, 0.717) is 10.0 Å². The molecule has 0 aliphatic heterocycles. The number of aliphatic hydroxyl groups is 2. The summed E-state index contributed by atoms with van der Waals surface area (Å²) >= 11 is 3.48. The van der Waals surface area contributed by atoms with E-state index in [1.807, 2.05) is 0 Å². The third kappa shape index (κ3) is 3.97. The Labute approximate surface area is 267 Å². The highest BCUT2D eigenvalue weighted by Gasteiger charge is 2.53. The number of halogens is 1. The molecule has 7 rings (SSSR count). The first-order chi connectivity index (χ1) is 22.4. The fourth-order valence-electron chi connectivity index (χ4n) is 6.64. The molecule has 15 nitrogen and oxygen atoms in total. The number of nitrogens with zero attached hydrogens (tertiary/aromatic N) is 3. The van der Waals surface area contributed by atoms with Crippen molar-refractivity contribution in [3.05, 3.63) is 124 Å². The van der Waals surface area contributed by atoms with Crippen molar-refractivity contribution in [1.29, 1.82) is 0 Å². The molecule has 1 aromatic carbocycles. The van der Waals surface area contributed by atoms with Crippen LogP contribution in [0.5, 0.6) is 11.5 Å². The largest absolute Gasteiger partial charge is 0.510 e. The van der Waals surface area contributed by atoms with E-state index in [4.69, 9.17) is 4.74 Å². The summed E-state index contributed by atoms with van der Waals surface area (Å²) in [6, 6.07) is 2.24. The van der Waals surface area contributed by atoms with E-state index < -0.39 is 82.5 Å². The molecule has 0 radical (unpaired) electrons. The lowest BCUT2D eigenvalue weighted by atomic mass is 9.78. The van der Waals surface area contributed by atoms with Crippen LogP contribution in [0.4, 0.5) is 0 Å². The Balaban J connectivity index is 1.42. The molecule has 0 fully saturated rings. The monoisotopic (exact) mass is 701 g/mol. The number of hydrogen-bond acceptors (Lipinski definition) is 12. The number of aliphatic hydroxyl groups excluding tert-OH is 2. The minimum Gasteiger partial charge on any atom is -0.510 e. The van der Waals surface area contributed by atoms with Gasteiger partial charge in [0.1, 0.15) is 29.2 Å². The smallest absolute Gasteiger partial charge is 0.260 e. The number of imidazole rings is 1. The van der Waals surface area contributed by atoms with Crippen LogP contribution in [0.3, 0.4) is 0 Å². The van der Waals surface area contributed by atoms with Gasteiger partial charge < -0.3 is 29.6 Å². The minimum absolute atomic E-state index is 0.0432. The molecule has 2 heterocycles. The van der Waals surface area contributed by atoms with E-state index in [1.54, 1.807) is 6.20 Å². The molecule has 5 N–H and O–H groups in total. The molecular weight excluding hydrogens is 682 g/mol. The van der Waals surface area contributed by atoms with E-state index in [1.165, 1.54) is 29.4 Å². The van der Waals surface area contributed by atoms with Crippen molar-refractivity contribution in [2.24, 2.45) is 5.10 Å². The number of nitrogens with one attached hydrogen (secondary N) is 2. The number of fused-ring (bicyclic) bond motifs is 4. The van der Waals surface area contributed by atoms with Crippen LogP contribution in [0, 0.1) is 10.4 Å². The highest BCUT2D eigenvalue weighted by Crippen LogP contribution is 2.56. The number of aromatic nitrogens is 3. The standard InChI is InChI=1S/C31H20BrN5O10/c1-47-15-7-14(38)18-19(24(15)40)26(42)21-20(25(18)41)28(44)31(29(21)45)3-2-12-22(31)27(43)17-13(23(12)32)6-11(35-30(17)46)8-34-36-16(39)9-37-5-4-33-10-37/h4-8,10,43-45H,2-3,9H2,1H3,(H,35,46)(H,36,39)/t31-/m0/s1. The maximum absolute atomic E-state index is 13.7. The highest BCUT2D eigenvalue weighted by molar-refractivity contribution is 9.10. The number of benzene rings is 1. The van der Waals surface area contributed by atoms with E-state index in [0.717, 1.165) is 13.2 Å². The number of H-pyrrole nitrogens is 1. The highest BCUT2D eigenvalue weighted by atomic mass is 79.9. The van der Waals surface area contributed by atoms with E-state index >= 15 is 0 Å². The molecule has 0 saturated carbocycles. The number of aromatic hydroxyl groups is 1. The molecule has 236 valence electrons. The first-order valence-corrected chi connectivity index (χ1v) is 14.7. The van der Waals surface area contributed by atoms with Crippen LogP contribution in [-0.4, -0.2) is 49.1 Å². The van der Waals surface area contributed by atoms with Crippen molar-refractivity contribution in [1.82, 2.24) is 20.0 Å². The fourth-order valence-corrected chi connectivity index (χ4v) is 7.35. The Morgan fingerprint density at radius 2 is 1.79 bits per heavy atom. The quantitative estimate of drug-likeness (QED) is 0.106. The molecule has 0 saturated heterocycles. The summed E-state index contributed by atoms with van der Waals surface area (Å²) in [6.45, 7) is -0.0432. The molecular formula is C31H20BrN5O10. The summed E-state index contributed by atoms with van der Waals surface area (Å²) in [5, 5.41) is 35.8. The van der Waals surface area contributed by atoms with Gasteiger partial charge in [0, 0.05) is 33.9 Å². The molecule has 0 bridgehead atoms. The van der Waals surface area contributed by atoms with Gasteiger partial charge in [-0.15, -0.1) is 0 Å². The number of carbonyl (C=O) groups excluding carboxylic acids is 1. The number of phenols is 1. The second kappa shape index (κ2) is 10.3. The van der Waals surface area contributed by atoms with Gasteiger partial charge >= 0.3 is 0 Å². The number of aromatic amines is 1. The van der Waals surface area contributed by atoms with Crippen molar-refractivity contribution in [2.75, 3.05) is 7.11 Å². The average Bonchev–Trinajstić information content (AvgIpc) is 3.75. The fraction of sp³-hybridized carbons (Fsp3) is 0.161. The Bertz CT molecular complexity index is 2750. The summed E-state index contributed by atoms with van der Waals surface area (Å²) in [5.74, 6) is -3.18. The average molecular weight is 702 g/mol. The van der Waals surface area contributed by atoms with Crippen LogP contribution >= 0.6 is 15.9 Å². The Hall–Kier alpha value is -5.90. The number of ether oxygens (including phenoxy) is 1. The number of carbonyl (C=O) groups is 1. The van der Waals surface area contributed by atoms with Gasteiger partial charge in [-0.3, -0.25) is 28.8 Å². The van der Waals surface area contributed by atoms with Crippen molar-refractivity contribution >= 4 is 50.3 Å². The lowest BCUT2D eigenvalue weighted by Crippen LogP contribution is -2.51. The maximum atomic E-state index is 13.7. The van der Waals surface area contributed by atoms with Crippen LogP contribution in [0.1, 0.15) is 23.2 Å². The molecule has 4 aliphatic rings. The molecule has 1 atom stereocenters. The third-order valence-corrected chi connectivity index (χ3v) is 9.56. The predicted octanol–water partition coefficient (Wildman–Crippen LogP) is -1.38. The Kier molecular flexibility index (Phi) is 6.54. The van der Waals surface area contributed by atoms with Crippen LogP contribution in [0.2, 0.25) is 0 Å². The van der Waals surface area contributed by atoms with Crippen molar-refractivity contribution in [2.45, 2.75) is 24.8 Å². The zero-order chi connectivity index (χ0) is 33.5. The molecule has 3 aromatic rings. The predicted molar refractivity (Wildman–Crippen MR) is 169 cm³/mol. The number of amides is 1. The van der Waals surface area contributed by atoms with Gasteiger partial charge in [-0.2, -0.15) is 5.10 Å². The number of methoxy groups -OCH3 is 1. The number of hydrazone groups is 1. The van der Waals surface area contributed by atoms with Crippen LogP contribution in [-0.2, 0) is 23.2 Å². The van der Waals surface area contributed by atoms with Crippen LogP contribution in [0.15, 0.2) is 64.4 Å². The Morgan fingerprint density at radius 1 is 1.09 bits per heavy atom. The van der Waals surface area contributed by atoms with Gasteiger partial charge in [-0.1, -0.05) is 0 Å². The van der Waals surface area contributed by atoms with Crippen molar-refractivity contribution < 1.29 is 24.9 Å². The first-order valence-electron chi connectivity index (χ1n) is 13.9. The molecule has 47 heavy (non-hydrogen) atoms. The molecule has 0 unspecified atom stereocenters. The van der Waals surface area contributed by atoms with Gasteiger partial charge in [-0.25, -0.2) is 10.4 Å². The number of hydrogen-bond donors (Lipinski definition) is 5. The number of phenolic OH excluding ortho intramolecular Hbond substituents is 1. The van der Waals surface area contributed by atoms with E-state index in [2.05, 4.69) is 36.4 Å². The summed E-state index contributed by atoms with van der Waals surface area (Å²) in [6.07, 6.45) is 5.69. The molecule has 1 spiro atoms. The summed E-state index contributed by atoms with van der Waals surface area (Å²) < 4.78 is 6.73. The first kappa shape index (κ1) is 29.8. The van der Waals surface area contributed by atoms with Gasteiger partial charge in [-0.05, 0) is 40.4 Å². The molecule has 16 heteroatoms. The number of rotatable bonds is 5. The van der Waals surface area contributed by atoms with Crippen LogP contribution < -0.4 is 47.9 Å². The Morgan fingerprint density at radius 3 is 2.45 bits per heavy atom. The molecule has 4 aliphatic carbocycles. The topological polar surface area (TPSA) is 230 Å². The number of pyridine rings is 1. The summed E-state index contributed by atoms with van der Waals surface area (Å²) in [5.41, 5.74) is -4.47. The van der Waals surface area contributed by atoms with Gasteiger partial charge in [0.2, 0.25) is 16.3 Å². The van der Waals surface area contributed by atoms with Gasteiger partial charge in [0.15, 0.2) is 11.2 Å². The second-order valence-electron chi connectivity index (χ2n) is 11.1. The van der Waals surface area contributed by atoms with E-state index in [9.17, 15) is 44.1 Å². The lowest BCUT2D eigenvalue weighted by Gasteiger charge is -2.27. The molecule has 1 amide bonds. The van der Waals surface area contributed by atoms with Crippen molar-refractivity contribution in [3.63, 3.8) is 0 Å². The van der Waals surface area contributed by atoms with Gasteiger partial charge in [0.05, 0.1) is 51.6 Å². The second-order valence-corrected chi connectivity index (χ2v) is 11.8. The van der Waals surface area contributed by atoms with E-state index in [-0.39, 0.29) is 41.4 Å². The SMILES string of the molecule is COc1cc(=O)c2c(=O)c3c(c(=O)c=2c1=O)=C(O)[C@]1(CCc2c1c(O)c1c(=O)[nH]c(C=NNC(=O)Cn4ccnc4)cc1c2Br)C=3O. The maximum Gasteiger partial charge on any atom is 0.260 e.